The minimum atomic E-state index is -0.595. The standard InChI is InChI=1S/C28H31BrFNO2/c1-18(23-14-15-26(30)25-11-6-5-10-24(23)25)31(27(32)33-28(2,3)4)22-13-12-20(17-22)19-8-7-9-21(29)16-19/h5-11,14-16,18,20,22H,12-13,17H2,1-4H3/t18-,20-,22?/m1/s1. The van der Waals surface area contributed by atoms with Crippen molar-refractivity contribution in [3.63, 3.8) is 0 Å². The zero-order valence-corrected chi connectivity index (χ0v) is 21.2. The number of rotatable bonds is 4. The number of ether oxygens (including phenoxy) is 1. The van der Waals surface area contributed by atoms with E-state index < -0.39 is 5.60 Å². The van der Waals surface area contributed by atoms with Crippen LogP contribution in [0, 0.1) is 5.82 Å². The molecule has 33 heavy (non-hydrogen) atoms. The molecule has 3 atom stereocenters. The van der Waals surface area contributed by atoms with E-state index >= 15 is 0 Å². The van der Waals surface area contributed by atoms with Crippen molar-refractivity contribution in [1.82, 2.24) is 4.90 Å². The summed E-state index contributed by atoms with van der Waals surface area (Å²) in [6.45, 7) is 7.69. The zero-order valence-electron chi connectivity index (χ0n) is 19.6. The topological polar surface area (TPSA) is 29.5 Å². The number of hydrogen-bond acceptors (Lipinski definition) is 2. The fraction of sp³-hybridized carbons (Fsp3) is 0.393. The second-order valence-electron chi connectivity index (χ2n) is 9.96. The van der Waals surface area contributed by atoms with Crippen LogP contribution in [0.4, 0.5) is 9.18 Å². The van der Waals surface area contributed by atoms with Crippen LogP contribution in [0.5, 0.6) is 0 Å². The third-order valence-corrected chi connectivity index (χ3v) is 6.99. The number of benzene rings is 3. The summed E-state index contributed by atoms with van der Waals surface area (Å²) in [7, 11) is 0. The summed E-state index contributed by atoms with van der Waals surface area (Å²) in [5, 5.41) is 1.41. The summed E-state index contributed by atoms with van der Waals surface area (Å²) in [6, 6.07) is 19.0. The quantitative estimate of drug-likeness (QED) is 0.352. The molecule has 0 radical (unpaired) electrons. The monoisotopic (exact) mass is 511 g/mol. The summed E-state index contributed by atoms with van der Waals surface area (Å²) in [5.41, 5.74) is 1.63. The molecule has 1 aliphatic rings. The SMILES string of the molecule is C[C@H](c1ccc(F)c2ccccc12)N(C(=O)OC(C)(C)C)C1CC[C@@H](c2cccc(Br)c2)C1. The Labute approximate surface area is 204 Å². The number of fused-ring (bicyclic) bond motifs is 1. The molecule has 0 heterocycles. The van der Waals surface area contributed by atoms with Crippen LogP contribution in [0.1, 0.15) is 70.0 Å². The predicted octanol–water partition coefficient (Wildman–Crippen LogP) is 8.38. The number of halogens is 2. The Morgan fingerprint density at radius 2 is 1.79 bits per heavy atom. The maximum Gasteiger partial charge on any atom is 0.411 e. The third-order valence-electron chi connectivity index (χ3n) is 6.49. The molecule has 174 valence electrons. The van der Waals surface area contributed by atoms with Crippen molar-refractivity contribution in [2.45, 2.75) is 70.6 Å². The molecule has 0 aromatic heterocycles. The van der Waals surface area contributed by atoms with Crippen molar-refractivity contribution in [2.24, 2.45) is 0 Å². The van der Waals surface area contributed by atoms with Crippen LogP contribution in [0.25, 0.3) is 10.8 Å². The van der Waals surface area contributed by atoms with Crippen LogP contribution in [-0.4, -0.2) is 22.6 Å². The van der Waals surface area contributed by atoms with Gasteiger partial charge in [0.05, 0.1) is 6.04 Å². The minimum Gasteiger partial charge on any atom is -0.444 e. The Morgan fingerprint density at radius 3 is 2.48 bits per heavy atom. The van der Waals surface area contributed by atoms with E-state index in [1.807, 2.05) is 56.9 Å². The molecule has 3 nitrogen and oxygen atoms in total. The first-order valence-electron chi connectivity index (χ1n) is 11.6. The van der Waals surface area contributed by atoms with Gasteiger partial charge in [0.2, 0.25) is 0 Å². The van der Waals surface area contributed by atoms with Crippen LogP contribution in [0.15, 0.2) is 65.1 Å². The number of hydrogen-bond donors (Lipinski definition) is 0. The molecule has 0 spiro atoms. The molecule has 1 amide bonds. The van der Waals surface area contributed by atoms with Crippen LogP contribution in [0.2, 0.25) is 0 Å². The average Bonchev–Trinajstić information content (AvgIpc) is 3.22. The van der Waals surface area contributed by atoms with Crippen molar-refractivity contribution < 1.29 is 13.9 Å². The summed E-state index contributed by atoms with van der Waals surface area (Å²) in [6.07, 6.45) is 2.47. The van der Waals surface area contributed by atoms with E-state index in [0.717, 1.165) is 34.7 Å². The van der Waals surface area contributed by atoms with Crippen molar-refractivity contribution in [3.8, 4) is 0 Å². The molecular formula is C28H31BrFNO2. The van der Waals surface area contributed by atoms with E-state index in [2.05, 4.69) is 34.1 Å². The highest BCUT2D eigenvalue weighted by Crippen LogP contribution is 2.41. The van der Waals surface area contributed by atoms with Crippen molar-refractivity contribution in [3.05, 3.63) is 82.1 Å². The number of carbonyl (C=O) groups is 1. The summed E-state index contributed by atoms with van der Waals surface area (Å²) in [4.78, 5) is 15.4. The summed E-state index contributed by atoms with van der Waals surface area (Å²) < 4.78 is 21.4. The molecule has 1 unspecified atom stereocenters. The zero-order chi connectivity index (χ0) is 23.8. The molecule has 5 heteroatoms. The molecule has 0 saturated heterocycles. The van der Waals surface area contributed by atoms with E-state index in [1.165, 1.54) is 11.6 Å². The van der Waals surface area contributed by atoms with Crippen molar-refractivity contribution >= 4 is 32.8 Å². The van der Waals surface area contributed by atoms with E-state index in [9.17, 15) is 9.18 Å². The highest BCUT2D eigenvalue weighted by Gasteiger charge is 2.38. The van der Waals surface area contributed by atoms with Gasteiger partial charge in [0.15, 0.2) is 0 Å². The smallest absolute Gasteiger partial charge is 0.411 e. The lowest BCUT2D eigenvalue weighted by Gasteiger charge is -2.37. The van der Waals surface area contributed by atoms with Gasteiger partial charge in [-0.2, -0.15) is 0 Å². The van der Waals surface area contributed by atoms with Gasteiger partial charge in [-0.25, -0.2) is 9.18 Å². The second-order valence-corrected chi connectivity index (χ2v) is 10.9. The van der Waals surface area contributed by atoms with Crippen molar-refractivity contribution in [2.75, 3.05) is 0 Å². The maximum atomic E-state index is 14.5. The molecule has 0 N–H and O–H groups in total. The predicted molar refractivity (Wildman–Crippen MR) is 135 cm³/mol. The van der Waals surface area contributed by atoms with E-state index in [0.29, 0.717) is 11.3 Å². The van der Waals surface area contributed by atoms with Crippen LogP contribution in [-0.2, 0) is 4.74 Å². The number of carbonyl (C=O) groups excluding carboxylic acids is 1. The van der Waals surface area contributed by atoms with Gasteiger partial charge in [0.25, 0.3) is 0 Å². The van der Waals surface area contributed by atoms with E-state index in [4.69, 9.17) is 4.74 Å². The normalized spacial score (nSPS) is 19.5. The molecule has 3 aromatic carbocycles. The number of amides is 1. The molecular weight excluding hydrogens is 481 g/mol. The fourth-order valence-corrected chi connectivity index (χ4v) is 5.43. The van der Waals surface area contributed by atoms with Gasteiger partial charge < -0.3 is 4.74 Å². The van der Waals surface area contributed by atoms with Crippen LogP contribution >= 0.6 is 15.9 Å². The Morgan fingerprint density at radius 1 is 1.06 bits per heavy atom. The van der Waals surface area contributed by atoms with Gasteiger partial charge in [0, 0.05) is 15.9 Å². The Bertz CT molecular complexity index is 1160. The summed E-state index contributed by atoms with van der Waals surface area (Å²) >= 11 is 3.58. The fourth-order valence-electron chi connectivity index (χ4n) is 5.01. The number of nitrogens with zero attached hydrogens (tertiary/aromatic N) is 1. The van der Waals surface area contributed by atoms with Gasteiger partial charge in [-0.15, -0.1) is 0 Å². The van der Waals surface area contributed by atoms with Crippen molar-refractivity contribution in [1.29, 1.82) is 0 Å². The Hall–Kier alpha value is -2.40. The third kappa shape index (κ3) is 5.24. The lowest BCUT2D eigenvalue weighted by Crippen LogP contribution is -2.44. The Kier molecular flexibility index (Phi) is 6.81. The lowest BCUT2D eigenvalue weighted by molar-refractivity contribution is 0.00693. The first-order chi connectivity index (χ1) is 15.6. The molecule has 3 aromatic rings. The highest BCUT2D eigenvalue weighted by molar-refractivity contribution is 9.10. The molecule has 1 saturated carbocycles. The van der Waals surface area contributed by atoms with E-state index in [1.54, 1.807) is 12.1 Å². The largest absolute Gasteiger partial charge is 0.444 e. The molecule has 0 aliphatic heterocycles. The van der Waals surface area contributed by atoms with Gasteiger partial charge in [-0.05, 0) is 87.6 Å². The van der Waals surface area contributed by atoms with Crippen LogP contribution in [0.3, 0.4) is 0 Å². The average molecular weight is 512 g/mol. The molecule has 4 rings (SSSR count). The first kappa shape index (κ1) is 23.7. The summed E-state index contributed by atoms with van der Waals surface area (Å²) in [5.74, 6) is 0.135. The van der Waals surface area contributed by atoms with Gasteiger partial charge in [-0.1, -0.05) is 58.4 Å². The minimum absolute atomic E-state index is 0.0441. The van der Waals surface area contributed by atoms with Crippen LogP contribution < -0.4 is 0 Å². The van der Waals surface area contributed by atoms with E-state index in [-0.39, 0.29) is 24.0 Å². The maximum absolute atomic E-state index is 14.5. The molecule has 1 aliphatic carbocycles. The highest BCUT2D eigenvalue weighted by atomic mass is 79.9. The lowest BCUT2D eigenvalue weighted by atomic mass is 9.95. The van der Waals surface area contributed by atoms with Gasteiger partial charge in [0.1, 0.15) is 11.4 Å². The molecule has 0 bridgehead atoms. The Balaban J connectivity index is 1.69. The second kappa shape index (κ2) is 9.46. The first-order valence-corrected chi connectivity index (χ1v) is 12.4. The van der Waals surface area contributed by atoms with Gasteiger partial charge in [-0.3, -0.25) is 4.90 Å². The molecule has 1 fully saturated rings. The van der Waals surface area contributed by atoms with Gasteiger partial charge >= 0.3 is 6.09 Å².